The van der Waals surface area contributed by atoms with Gasteiger partial charge in [0.15, 0.2) is 17.2 Å². The standard InChI is InChI=1S/C15H13BrF2N4O3/c1-7-11(16)12(21-22(7)2)14-20-19-13(25-14)8-4-5-9(24-15(17)18)10(6-8)23-3/h4-6,15H,1-3H3. The van der Waals surface area contributed by atoms with Gasteiger partial charge in [0.2, 0.25) is 5.89 Å². The highest BCUT2D eigenvalue weighted by atomic mass is 79.9. The molecule has 0 atom stereocenters. The van der Waals surface area contributed by atoms with Crippen LogP contribution in [-0.4, -0.2) is 33.7 Å². The first kappa shape index (κ1) is 17.3. The number of benzene rings is 1. The molecule has 2 aromatic heterocycles. The third kappa shape index (κ3) is 3.34. The lowest BCUT2D eigenvalue weighted by Crippen LogP contribution is -2.03. The molecule has 132 valence electrons. The number of nitrogens with zero attached hydrogens (tertiary/aromatic N) is 4. The Bertz CT molecular complexity index is 910. The minimum absolute atomic E-state index is 0.0796. The Morgan fingerprint density at radius 1 is 1.20 bits per heavy atom. The van der Waals surface area contributed by atoms with Crippen LogP contribution >= 0.6 is 15.9 Å². The van der Waals surface area contributed by atoms with Crippen LogP contribution in [0.1, 0.15) is 5.69 Å². The maximum Gasteiger partial charge on any atom is 0.387 e. The molecular weight excluding hydrogens is 402 g/mol. The zero-order valence-corrected chi connectivity index (χ0v) is 15.0. The molecule has 0 aliphatic heterocycles. The van der Waals surface area contributed by atoms with Crippen LogP contribution < -0.4 is 9.47 Å². The van der Waals surface area contributed by atoms with Gasteiger partial charge in [-0.2, -0.15) is 13.9 Å². The minimum Gasteiger partial charge on any atom is -0.493 e. The fraction of sp³-hybridized carbons (Fsp3) is 0.267. The van der Waals surface area contributed by atoms with Crippen LogP contribution in [0.4, 0.5) is 8.78 Å². The zero-order chi connectivity index (χ0) is 18.1. The molecule has 0 bridgehead atoms. The molecule has 3 rings (SSSR count). The van der Waals surface area contributed by atoms with E-state index in [0.29, 0.717) is 11.3 Å². The quantitative estimate of drug-likeness (QED) is 0.631. The lowest BCUT2D eigenvalue weighted by atomic mass is 10.2. The van der Waals surface area contributed by atoms with Gasteiger partial charge in [-0.25, -0.2) is 0 Å². The highest BCUT2D eigenvalue weighted by Gasteiger charge is 2.20. The van der Waals surface area contributed by atoms with Crippen LogP contribution in [0.25, 0.3) is 23.0 Å². The molecule has 0 unspecified atom stereocenters. The van der Waals surface area contributed by atoms with Crippen LogP contribution in [0.15, 0.2) is 27.1 Å². The molecule has 3 aromatic rings. The Labute approximate surface area is 149 Å². The number of ether oxygens (including phenoxy) is 2. The Hall–Kier alpha value is -2.49. The monoisotopic (exact) mass is 414 g/mol. The van der Waals surface area contributed by atoms with E-state index in [4.69, 9.17) is 9.15 Å². The first-order valence-electron chi connectivity index (χ1n) is 7.07. The van der Waals surface area contributed by atoms with Crippen LogP contribution in [0.3, 0.4) is 0 Å². The van der Waals surface area contributed by atoms with E-state index in [1.807, 2.05) is 6.92 Å². The van der Waals surface area contributed by atoms with E-state index in [-0.39, 0.29) is 23.3 Å². The number of aromatic nitrogens is 4. The summed E-state index contributed by atoms with van der Waals surface area (Å²) in [6.45, 7) is -1.05. The van der Waals surface area contributed by atoms with E-state index in [2.05, 4.69) is 36.0 Å². The summed E-state index contributed by atoms with van der Waals surface area (Å²) in [5.41, 5.74) is 1.93. The second-order valence-electron chi connectivity index (χ2n) is 5.03. The molecule has 0 radical (unpaired) electrons. The van der Waals surface area contributed by atoms with Crippen molar-refractivity contribution in [3.63, 3.8) is 0 Å². The van der Waals surface area contributed by atoms with E-state index in [1.54, 1.807) is 11.7 Å². The van der Waals surface area contributed by atoms with Gasteiger partial charge in [0.05, 0.1) is 17.3 Å². The van der Waals surface area contributed by atoms with Gasteiger partial charge in [-0.05, 0) is 41.1 Å². The minimum atomic E-state index is -2.94. The Balaban J connectivity index is 1.95. The summed E-state index contributed by atoms with van der Waals surface area (Å²) in [6, 6.07) is 4.36. The molecule has 0 N–H and O–H groups in total. The Kier molecular flexibility index (Phi) is 4.71. The van der Waals surface area contributed by atoms with Crippen molar-refractivity contribution in [2.24, 2.45) is 7.05 Å². The number of methoxy groups -OCH3 is 1. The third-order valence-electron chi connectivity index (χ3n) is 3.52. The molecule has 2 heterocycles. The maximum absolute atomic E-state index is 12.4. The summed E-state index contributed by atoms with van der Waals surface area (Å²) in [4.78, 5) is 0. The molecule has 0 spiro atoms. The van der Waals surface area contributed by atoms with Gasteiger partial charge in [0.1, 0.15) is 0 Å². The Morgan fingerprint density at radius 2 is 1.92 bits per heavy atom. The molecule has 0 aliphatic carbocycles. The number of rotatable bonds is 5. The van der Waals surface area contributed by atoms with Crippen molar-refractivity contribution in [1.29, 1.82) is 0 Å². The molecular formula is C15H13BrF2N4O3. The molecule has 1 aromatic carbocycles. The Morgan fingerprint density at radius 3 is 2.52 bits per heavy atom. The van der Waals surface area contributed by atoms with Crippen LogP contribution in [0, 0.1) is 6.92 Å². The first-order valence-corrected chi connectivity index (χ1v) is 7.86. The number of hydrogen-bond donors (Lipinski definition) is 0. The van der Waals surface area contributed by atoms with Crippen molar-refractivity contribution in [2.45, 2.75) is 13.5 Å². The molecule has 0 aliphatic rings. The number of hydrogen-bond acceptors (Lipinski definition) is 6. The summed E-state index contributed by atoms with van der Waals surface area (Å²) in [7, 11) is 3.15. The third-order valence-corrected chi connectivity index (χ3v) is 4.46. The molecule has 7 nitrogen and oxygen atoms in total. The van der Waals surface area contributed by atoms with Crippen LogP contribution in [0.2, 0.25) is 0 Å². The van der Waals surface area contributed by atoms with E-state index in [1.165, 1.54) is 25.3 Å². The summed E-state index contributed by atoms with van der Waals surface area (Å²) < 4.78 is 42.3. The van der Waals surface area contributed by atoms with Crippen molar-refractivity contribution < 1.29 is 22.7 Å². The maximum atomic E-state index is 12.4. The van der Waals surface area contributed by atoms with Gasteiger partial charge in [0.25, 0.3) is 5.89 Å². The fourth-order valence-electron chi connectivity index (χ4n) is 2.15. The van der Waals surface area contributed by atoms with Gasteiger partial charge in [-0.1, -0.05) is 0 Å². The van der Waals surface area contributed by atoms with Crippen LogP contribution in [-0.2, 0) is 7.05 Å². The van der Waals surface area contributed by atoms with Gasteiger partial charge >= 0.3 is 6.61 Å². The molecule has 0 amide bonds. The highest BCUT2D eigenvalue weighted by Crippen LogP contribution is 2.35. The predicted octanol–water partition coefficient (Wildman–Crippen LogP) is 3.82. The zero-order valence-electron chi connectivity index (χ0n) is 13.5. The molecule has 10 heteroatoms. The topological polar surface area (TPSA) is 75.2 Å². The van der Waals surface area contributed by atoms with E-state index in [0.717, 1.165) is 10.2 Å². The SMILES string of the molecule is COc1cc(-c2nnc(-c3nn(C)c(C)c3Br)o2)ccc1OC(F)F. The van der Waals surface area contributed by atoms with E-state index >= 15 is 0 Å². The average molecular weight is 415 g/mol. The lowest BCUT2D eigenvalue weighted by Gasteiger charge is -2.10. The molecule has 0 fully saturated rings. The summed E-state index contributed by atoms with van der Waals surface area (Å²) in [5, 5.41) is 12.3. The van der Waals surface area contributed by atoms with E-state index in [9.17, 15) is 8.78 Å². The van der Waals surface area contributed by atoms with Crippen molar-refractivity contribution in [3.8, 4) is 34.5 Å². The smallest absolute Gasteiger partial charge is 0.387 e. The first-order chi connectivity index (χ1) is 11.9. The molecule has 0 saturated heterocycles. The number of aryl methyl sites for hydroxylation is 1. The fourth-order valence-corrected chi connectivity index (χ4v) is 2.65. The normalized spacial score (nSPS) is 11.2. The largest absolute Gasteiger partial charge is 0.493 e. The van der Waals surface area contributed by atoms with Gasteiger partial charge < -0.3 is 13.9 Å². The summed E-state index contributed by atoms with van der Waals surface area (Å²) in [5.74, 6) is 0.487. The second kappa shape index (κ2) is 6.79. The van der Waals surface area contributed by atoms with Crippen LogP contribution in [0.5, 0.6) is 11.5 Å². The molecule has 0 saturated carbocycles. The summed E-state index contributed by atoms with van der Waals surface area (Å²) in [6.07, 6.45) is 0. The van der Waals surface area contributed by atoms with Gasteiger partial charge in [0, 0.05) is 12.6 Å². The second-order valence-corrected chi connectivity index (χ2v) is 5.82. The average Bonchev–Trinajstić information content (AvgIpc) is 3.16. The molecule has 25 heavy (non-hydrogen) atoms. The van der Waals surface area contributed by atoms with E-state index < -0.39 is 6.61 Å². The van der Waals surface area contributed by atoms with Crippen molar-refractivity contribution in [1.82, 2.24) is 20.0 Å². The van der Waals surface area contributed by atoms with Crippen molar-refractivity contribution >= 4 is 15.9 Å². The van der Waals surface area contributed by atoms with Crippen molar-refractivity contribution in [2.75, 3.05) is 7.11 Å². The number of halogens is 3. The lowest BCUT2D eigenvalue weighted by molar-refractivity contribution is -0.0512. The predicted molar refractivity (Wildman–Crippen MR) is 87.6 cm³/mol. The van der Waals surface area contributed by atoms with Crippen molar-refractivity contribution in [3.05, 3.63) is 28.4 Å². The highest BCUT2D eigenvalue weighted by molar-refractivity contribution is 9.10. The summed E-state index contributed by atoms with van der Waals surface area (Å²) >= 11 is 3.44. The number of alkyl halides is 2. The van der Waals surface area contributed by atoms with Gasteiger partial charge in [-0.3, -0.25) is 4.68 Å². The van der Waals surface area contributed by atoms with Gasteiger partial charge in [-0.15, -0.1) is 10.2 Å².